The van der Waals surface area contributed by atoms with Gasteiger partial charge >= 0.3 is 0 Å². The minimum atomic E-state index is -0.362. The summed E-state index contributed by atoms with van der Waals surface area (Å²) >= 11 is 6.13. The van der Waals surface area contributed by atoms with Gasteiger partial charge in [0.2, 0.25) is 0 Å². The van der Waals surface area contributed by atoms with Gasteiger partial charge in [0.15, 0.2) is 6.29 Å². The van der Waals surface area contributed by atoms with Crippen molar-refractivity contribution in [3.63, 3.8) is 0 Å². The normalized spacial score (nSPS) is 59.0. The second-order valence-corrected chi connectivity index (χ2v) is 5.65. The van der Waals surface area contributed by atoms with E-state index in [0.717, 1.165) is 12.8 Å². The Morgan fingerprint density at radius 2 is 2.00 bits per heavy atom. The van der Waals surface area contributed by atoms with Crippen LogP contribution in [0.25, 0.3) is 0 Å². The Hall–Kier alpha value is 0.170. The molecule has 2 saturated carbocycles. The zero-order chi connectivity index (χ0) is 10.6. The summed E-state index contributed by atoms with van der Waals surface area (Å²) in [4.78, 5) is 0. The number of aliphatic hydroxyl groups excluding tert-OH is 1. The molecule has 1 saturated heterocycles. The summed E-state index contributed by atoms with van der Waals surface area (Å²) in [5, 5.41) is 9.89. The van der Waals surface area contributed by atoms with Crippen molar-refractivity contribution in [3.05, 3.63) is 0 Å². The van der Waals surface area contributed by atoms with Gasteiger partial charge in [0.25, 0.3) is 0 Å². The third kappa shape index (κ3) is 1.52. The standard InChI is InChI=1S/C11H17ClO3/c1-5-4-14-11(15-5)8-3-6-2-7(8)10(13)9(6)12/h5-11,13H,2-4H2,1H3. The van der Waals surface area contributed by atoms with Crippen molar-refractivity contribution in [2.45, 2.75) is 43.6 Å². The highest BCUT2D eigenvalue weighted by Crippen LogP contribution is 2.52. The monoisotopic (exact) mass is 232 g/mol. The van der Waals surface area contributed by atoms with Gasteiger partial charge in [0, 0.05) is 5.92 Å². The molecule has 3 nitrogen and oxygen atoms in total. The highest BCUT2D eigenvalue weighted by Gasteiger charge is 2.55. The SMILES string of the molecule is CC1COC(C2CC3CC2C(O)C3Cl)O1. The predicted octanol–water partition coefficient (Wildman–Crippen LogP) is 1.37. The minimum absolute atomic E-state index is 0.0509. The molecule has 1 heterocycles. The van der Waals surface area contributed by atoms with E-state index in [0.29, 0.717) is 18.4 Å². The predicted molar refractivity (Wildman–Crippen MR) is 55.6 cm³/mol. The smallest absolute Gasteiger partial charge is 0.161 e. The minimum Gasteiger partial charge on any atom is -0.391 e. The molecule has 1 N–H and O–H groups in total. The first-order valence-corrected chi connectivity index (χ1v) is 6.19. The molecular formula is C11H17ClO3. The number of aliphatic hydroxyl groups is 1. The van der Waals surface area contributed by atoms with Crippen LogP contribution in [-0.2, 0) is 9.47 Å². The first-order valence-electron chi connectivity index (χ1n) is 5.76. The van der Waals surface area contributed by atoms with Crippen LogP contribution in [0.2, 0.25) is 0 Å². The zero-order valence-corrected chi connectivity index (χ0v) is 9.56. The van der Waals surface area contributed by atoms with Gasteiger partial charge < -0.3 is 14.6 Å². The fourth-order valence-corrected chi connectivity index (χ4v) is 3.78. The molecule has 0 spiro atoms. The van der Waals surface area contributed by atoms with Gasteiger partial charge in [-0.2, -0.15) is 0 Å². The summed E-state index contributed by atoms with van der Waals surface area (Å²) in [5.41, 5.74) is 0. The molecule has 2 aliphatic carbocycles. The third-order valence-corrected chi connectivity index (χ3v) is 4.74. The van der Waals surface area contributed by atoms with Crippen LogP contribution in [0.5, 0.6) is 0 Å². The second kappa shape index (κ2) is 3.59. The largest absolute Gasteiger partial charge is 0.391 e. The average Bonchev–Trinajstić information content (AvgIpc) is 2.85. The van der Waals surface area contributed by atoms with E-state index in [-0.39, 0.29) is 29.8 Å². The molecule has 3 aliphatic rings. The fourth-order valence-electron chi connectivity index (χ4n) is 3.39. The Bertz CT molecular complexity index is 258. The zero-order valence-electron chi connectivity index (χ0n) is 8.80. The topological polar surface area (TPSA) is 38.7 Å². The maximum absolute atomic E-state index is 9.94. The summed E-state index contributed by atoms with van der Waals surface area (Å²) < 4.78 is 11.3. The van der Waals surface area contributed by atoms with Crippen molar-refractivity contribution in [2.24, 2.45) is 17.8 Å². The Morgan fingerprint density at radius 1 is 1.27 bits per heavy atom. The number of halogens is 1. The lowest BCUT2D eigenvalue weighted by Gasteiger charge is -2.32. The second-order valence-electron chi connectivity index (χ2n) is 5.14. The quantitative estimate of drug-likeness (QED) is 0.694. The van der Waals surface area contributed by atoms with E-state index in [4.69, 9.17) is 21.1 Å². The van der Waals surface area contributed by atoms with E-state index < -0.39 is 0 Å². The molecule has 86 valence electrons. The molecule has 0 aromatic carbocycles. The molecule has 4 heteroatoms. The number of fused-ring (bicyclic) bond motifs is 2. The van der Waals surface area contributed by atoms with Crippen LogP contribution in [0.1, 0.15) is 19.8 Å². The van der Waals surface area contributed by atoms with Gasteiger partial charge in [-0.25, -0.2) is 0 Å². The lowest BCUT2D eigenvalue weighted by Crippen LogP contribution is -2.39. The highest BCUT2D eigenvalue weighted by atomic mass is 35.5. The van der Waals surface area contributed by atoms with E-state index in [2.05, 4.69) is 0 Å². The van der Waals surface area contributed by atoms with Crippen LogP contribution in [0, 0.1) is 17.8 Å². The molecule has 3 fully saturated rings. The van der Waals surface area contributed by atoms with Gasteiger partial charge in [-0.1, -0.05) is 0 Å². The van der Waals surface area contributed by atoms with Crippen LogP contribution in [0.3, 0.4) is 0 Å². The van der Waals surface area contributed by atoms with Crippen molar-refractivity contribution in [1.82, 2.24) is 0 Å². The summed E-state index contributed by atoms with van der Waals surface area (Å²) in [5.74, 6) is 1.09. The average molecular weight is 233 g/mol. The van der Waals surface area contributed by atoms with Gasteiger partial charge in [-0.05, 0) is 31.6 Å². The maximum Gasteiger partial charge on any atom is 0.161 e. The Morgan fingerprint density at radius 3 is 2.53 bits per heavy atom. The lowest BCUT2D eigenvalue weighted by atomic mass is 9.86. The fraction of sp³-hybridized carbons (Fsp3) is 1.00. The Balaban J connectivity index is 1.70. The van der Waals surface area contributed by atoms with Gasteiger partial charge in [-0.3, -0.25) is 0 Å². The number of hydrogen-bond acceptors (Lipinski definition) is 3. The van der Waals surface area contributed by atoms with Crippen LogP contribution in [-0.4, -0.2) is 35.6 Å². The molecule has 1 aliphatic heterocycles. The van der Waals surface area contributed by atoms with Crippen LogP contribution >= 0.6 is 11.6 Å². The number of rotatable bonds is 1. The first kappa shape index (κ1) is 10.3. The number of hydrogen-bond donors (Lipinski definition) is 1. The number of ether oxygens (including phenoxy) is 2. The Kier molecular flexibility index (Phi) is 2.47. The van der Waals surface area contributed by atoms with Crippen molar-refractivity contribution in [3.8, 4) is 0 Å². The highest BCUT2D eigenvalue weighted by molar-refractivity contribution is 6.21. The molecular weight excluding hydrogens is 216 g/mol. The van der Waals surface area contributed by atoms with Crippen LogP contribution in [0.4, 0.5) is 0 Å². The first-order chi connectivity index (χ1) is 7.16. The molecule has 2 bridgehead atoms. The third-order valence-electron chi connectivity index (χ3n) is 4.13. The van der Waals surface area contributed by atoms with E-state index in [1.54, 1.807) is 0 Å². The molecule has 7 unspecified atom stereocenters. The molecule has 7 atom stereocenters. The van der Waals surface area contributed by atoms with Crippen molar-refractivity contribution in [1.29, 1.82) is 0 Å². The van der Waals surface area contributed by atoms with Gasteiger partial charge in [0.1, 0.15) is 0 Å². The molecule has 0 aromatic heterocycles. The summed E-state index contributed by atoms with van der Waals surface area (Å²) in [6.07, 6.45) is 1.82. The van der Waals surface area contributed by atoms with Crippen LogP contribution in [0.15, 0.2) is 0 Å². The van der Waals surface area contributed by atoms with E-state index in [1.165, 1.54) is 0 Å². The van der Waals surface area contributed by atoms with E-state index >= 15 is 0 Å². The maximum atomic E-state index is 9.94. The van der Waals surface area contributed by atoms with Crippen molar-refractivity contribution < 1.29 is 14.6 Å². The molecule has 3 rings (SSSR count). The Labute approximate surface area is 94.7 Å². The molecule has 0 aromatic rings. The summed E-state index contributed by atoms with van der Waals surface area (Å²) in [7, 11) is 0. The van der Waals surface area contributed by atoms with Crippen molar-refractivity contribution >= 4 is 11.6 Å². The van der Waals surface area contributed by atoms with E-state index in [9.17, 15) is 5.11 Å². The van der Waals surface area contributed by atoms with Crippen LogP contribution < -0.4 is 0 Å². The van der Waals surface area contributed by atoms with Gasteiger partial charge in [0.05, 0.1) is 24.2 Å². The van der Waals surface area contributed by atoms with Gasteiger partial charge in [-0.15, -0.1) is 11.6 Å². The molecule has 15 heavy (non-hydrogen) atoms. The number of alkyl halides is 1. The molecule has 0 radical (unpaired) electrons. The lowest BCUT2D eigenvalue weighted by molar-refractivity contribution is -0.120. The van der Waals surface area contributed by atoms with Crippen molar-refractivity contribution in [2.75, 3.05) is 6.61 Å². The molecule has 0 amide bonds. The summed E-state index contributed by atoms with van der Waals surface area (Å²) in [6.45, 7) is 2.70. The van der Waals surface area contributed by atoms with E-state index in [1.807, 2.05) is 6.92 Å². The summed E-state index contributed by atoms with van der Waals surface area (Å²) in [6, 6.07) is 0.